The van der Waals surface area contributed by atoms with E-state index in [1.165, 1.54) is 42.5 Å². The van der Waals surface area contributed by atoms with Crippen molar-refractivity contribution in [2.45, 2.75) is 12.7 Å². The number of amides is 3. The Kier molecular flexibility index (Phi) is 4.50. The zero-order valence-corrected chi connectivity index (χ0v) is 13.2. The van der Waals surface area contributed by atoms with Crippen LogP contribution in [0, 0.1) is 5.82 Å². The van der Waals surface area contributed by atoms with Crippen molar-refractivity contribution in [1.82, 2.24) is 10.2 Å². The fraction of sp³-hybridized carbons (Fsp3) is 0.111. The van der Waals surface area contributed by atoms with Crippen LogP contribution in [0.15, 0.2) is 54.2 Å². The Balaban J connectivity index is 1.82. The van der Waals surface area contributed by atoms with E-state index >= 15 is 0 Å². The summed E-state index contributed by atoms with van der Waals surface area (Å²) in [6.45, 7) is -0.0785. The predicted molar refractivity (Wildman–Crippen MR) is 84.9 cm³/mol. The summed E-state index contributed by atoms with van der Waals surface area (Å²) in [4.78, 5) is 25.2. The number of hydrogen-bond acceptors (Lipinski definition) is 2. The molecular formula is C18H12F4N2O2. The van der Waals surface area contributed by atoms with Gasteiger partial charge in [-0.05, 0) is 41.5 Å². The van der Waals surface area contributed by atoms with Crippen molar-refractivity contribution in [2.24, 2.45) is 0 Å². The summed E-state index contributed by atoms with van der Waals surface area (Å²) >= 11 is 0. The van der Waals surface area contributed by atoms with Crippen molar-refractivity contribution < 1.29 is 27.2 Å². The van der Waals surface area contributed by atoms with Crippen LogP contribution in [0.3, 0.4) is 0 Å². The molecule has 1 heterocycles. The Morgan fingerprint density at radius 2 is 1.73 bits per heavy atom. The lowest BCUT2D eigenvalue weighted by Gasteiger charge is -2.11. The van der Waals surface area contributed by atoms with Crippen LogP contribution in [0.25, 0.3) is 6.08 Å². The quantitative estimate of drug-likeness (QED) is 0.510. The number of alkyl halides is 3. The third kappa shape index (κ3) is 3.74. The van der Waals surface area contributed by atoms with Crippen LogP contribution in [0.4, 0.5) is 22.4 Å². The SMILES string of the molecule is O=C1N/C(=C/c2cccc(C(F)(F)F)c2)C(=O)N1Cc1ccc(F)cc1. The molecule has 134 valence electrons. The van der Waals surface area contributed by atoms with Crippen LogP contribution in [-0.2, 0) is 17.5 Å². The van der Waals surface area contributed by atoms with E-state index < -0.39 is 29.5 Å². The number of hydrogen-bond donors (Lipinski definition) is 1. The minimum absolute atomic E-state index is 0.0785. The average Bonchev–Trinajstić information content (AvgIpc) is 2.84. The van der Waals surface area contributed by atoms with Crippen LogP contribution < -0.4 is 5.32 Å². The molecule has 4 nitrogen and oxygen atoms in total. The Morgan fingerprint density at radius 3 is 2.38 bits per heavy atom. The fourth-order valence-corrected chi connectivity index (χ4v) is 2.46. The molecule has 0 saturated carbocycles. The molecular weight excluding hydrogens is 352 g/mol. The molecule has 0 aromatic heterocycles. The normalized spacial score (nSPS) is 16.3. The number of imide groups is 1. The van der Waals surface area contributed by atoms with Gasteiger partial charge in [-0.25, -0.2) is 9.18 Å². The molecule has 26 heavy (non-hydrogen) atoms. The highest BCUT2D eigenvalue weighted by Gasteiger charge is 2.34. The summed E-state index contributed by atoms with van der Waals surface area (Å²) in [5, 5.41) is 2.34. The molecule has 1 aliphatic heterocycles. The molecule has 0 atom stereocenters. The second-order valence-corrected chi connectivity index (χ2v) is 5.63. The molecule has 3 rings (SSSR count). The third-order valence-corrected chi connectivity index (χ3v) is 3.74. The minimum Gasteiger partial charge on any atom is -0.303 e. The monoisotopic (exact) mass is 364 g/mol. The molecule has 8 heteroatoms. The molecule has 0 spiro atoms. The van der Waals surface area contributed by atoms with E-state index in [9.17, 15) is 27.2 Å². The number of carbonyl (C=O) groups is 2. The smallest absolute Gasteiger partial charge is 0.303 e. The average molecular weight is 364 g/mol. The van der Waals surface area contributed by atoms with Gasteiger partial charge in [0.2, 0.25) is 0 Å². The van der Waals surface area contributed by atoms with E-state index in [4.69, 9.17) is 0 Å². The zero-order valence-electron chi connectivity index (χ0n) is 13.2. The van der Waals surface area contributed by atoms with E-state index in [0.29, 0.717) is 5.56 Å². The molecule has 1 N–H and O–H groups in total. The van der Waals surface area contributed by atoms with Gasteiger partial charge in [0.15, 0.2) is 0 Å². The van der Waals surface area contributed by atoms with Crippen molar-refractivity contribution in [3.05, 3.63) is 76.7 Å². The van der Waals surface area contributed by atoms with Gasteiger partial charge in [0.25, 0.3) is 5.91 Å². The van der Waals surface area contributed by atoms with E-state index in [-0.39, 0.29) is 17.8 Å². The van der Waals surface area contributed by atoms with Gasteiger partial charge in [0, 0.05) is 0 Å². The lowest BCUT2D eigenvalue weighted by molar-refractivity contribution is -0.137. The van der Waals surface area contributed by atoms with Gasteiger partial charge in [-0.1, -0.05) is 24.3 Å². The van der Waals surface area contributed by atoms with Crippen LogP contribution in [0.1, 0.15) is 16.7 Å². The molecule has 1 fully saturated rings. The number of nitrogens with zero attached hydrogens (tertiary/aromatic N) is 1. The molecule has 1 aliphatic rings. The number of halogens is 4. The van der Waals surface area contributed by atoms with Crippen LogP contribution in [0.5, 0.6) is 0 Å². The lowest BCUT2D eigenvalue weighted by Crippen LogP contribution is -2.30. The van der Waals surface area contributed by atoms with Gasteiger partial charge in [0.1, 0.15) is 11.5 Å². The van der Waals surface area contributed by atoms with E-state index in [0.717, 1.165) is 17.0 Å². The first-order chi connectivity index (χ1) is 12.2. The Labute approximate surface area is 145 Å². The van der Waals surface area contributed by atoms with Crippen LogP contribution >= 0.6 is 0 Å². The topological polar surface area (TPSA) is 49.4 Å². The lowest BCUT2D eigenvalue weighted by atomic mass is 10.1. The van der Waals surface area contributed by atoms with Crippen LogP contribution in [0.2, 0.25) is 0 Å². The highest BCUT2D eigenvalue weighted by Crippen LogP contribution is 2.30. The molecule has 3 amide bonds. The van der Waals surface area contributed by atoms with Gasteiger partial charge in [0.05, 0.1) is 12.1 Å². The Bertz CT molecular complexity index is 889. The summed E-state index contributed by atoms with van der Waals surface area (Å²) in [7, 11) is 0. The third-order valence-electron chi connectivity index (χ3n) is 3.74. The van der Waals surface area contributed by atoms with Crippen molar-refractivity contribution in [2.75, 3.05) is 0 Å². The van der Waals surface area contributed by atoms with Gasteiger partial charge in [-0.3, -0.25) is 9.69 Å². The zero-order chi connectivity index (χ0) is 18.9. The standard InChI is InChI=1S/C18H12F4N2O2/c19-14-6-4-11(5-7-14)10-24-16(25)15(23-17(24)26)9-12-2-1-3-13(8-12)18(20,21)22/h1-9H,10H2,(H,23,26)/b15-9+. The van der Waals surface area contributed by atoms with Gasteiger partial charge in [-0.15, -0.1) is 0 Å². The molecule has 0 aliphatic carbocycles. The summed E-state index contributed by atoms with van der Waals surface area (Å²) in [5.41, 5.74) is -0.314. The highest BCUT2D eigenvalue weighted by atomic mass is 19.4. The summed E-state index contributed by atoms with van der Waals surface area (Å²) in [6.07, 6.45) is -3.33. The maximum atomic E-state index is 12.9. The van der Waals surface area contributed by atoms with Crippen molar-refractivity contribution in [1.29, 1.82) is 0 Å². The molecule has 0 bridgehead atoms. The molecule has 0 radical (unpaired) electrons. The van der Waals surface area contributed by atoms with Crippen LogP contribution in [-0.4, -0.2) is 16.8 Å². The number of benzene rings is 2. The van der Waals surface area contributed by atoms with Gasteiger partial charge in [-0.2, -0.15) is 13.2 Å². The second-order valence-electron chi connectivity index (χ2n) is 5.63. The maximum absolute atomic E-state index is 12.9. The Hall–Kier alpha value is -3.16. The molecule has 1 saturated heterocycles. The summed E-state index contributed by atoms with van der Waals surface area (Å²) < 4.78 is 51.2. The number of rotatable bonds is 3. The second kappa shape index (κ2) is 6.62. The van der Waals surface area contributed by atoms with Crippen molar-refractivity contribution >= 4 is 18.0 Å². The van der Waals surface area contributed by atoms with E-state index in [2.05, 4.69) is 5.32 Å². The molecule has 2 aromatic carbocycles. The highest BCUT2D eigenvalue weighted by molar-refractivity contribution is 6.13. The first kappa shape index (κ1) is 17.7. The van der Waals surface area contributed by atoms with E-state index in [1.54, 1.807) is 0 Å². The fourth-order valence-electron chi connectivity index (χ4n) is 2.46. The molecule has 2 aromatic rings. The first-order valence-corrected chi connectivity index (χ1v) is 7.50. The number of nitrogens with one attached hydrogen (secondary N) is 1. The van der Waals surface area contributed by atoms with Crippen molar-refractivity contribution in [3.8, 4) is 0 Å². The maximum Gasteiger partial charge on any atom is 0.416 e. The first-order valence-electron chi connectivity index (χ1n) is 7.50. The molecule has 0 unspecified atom stereocenters. The van der Waals surface area contributed by atoms with Gasteiger partial charge >= 0.3 is 12.2 Å². The largest absolute Gasteiger partial charge is 0.416 e. The summed E-state index contributed by atoms with van der Waals surface area (Å²) in [6, 6.07) is 8.98. The summed E-state index contributed by atoms with van der Waals surface area (Å²) in [5.74, 6) is -1.12. The van der Waals surface area contributed by atoms with Gasteiger partial charge < -0.3 is 5.32 Å². The van der Waals surface area contributed by atoms with Crippen molar-refractivity contribution in [3.63, 3.8) is 0 Å². The number of urea groups is 1. The Morgan fingerprint density at radius 1 is 1.04 bits per heavy atom. The minimum atomic E-state index is -4.51. The van der Waals surface area contributed by atoms with E-state index in [1.807, 2.05) is 0 Å². The number of carbonyl (C=O) groups excluding carboxylic acids is 2. The predicted octanol–water partition coefficient (Wildman–Crippen LogP) is 3.94.